The summed E-state index contributed by atoms with van der Waals surface area (Å²) in [5, 5.41) is 3.21. The molecule has 1 aromatic heterocycles. The van der Waals surface area contributed by atoms with Crippen LogP contribution in [0.25, 0.3) is 0 Å². The third-order valence-electron chi connectivity index (χ3n) is 3.35. The Hall–Kier alpha value is -1.82. The van der Waals surface area contributed by atoms with E-state index in [1.807, 2.05) is 19.1 Å². The molecule has 0 aromatic carbocycles. The number of amides is 2. The fraction of sp³-hybridized carbons (Fsp3) is 0.571. The molecule has 2 heterocycles. The standard InChI is InChI=1S/C14H21N3O3/c1-11-4-5-12(20-11)10-16(2)13(18)14(19)17-8-3-6-15-7-9-17/h4-5,15H,3,6-10H2,1-2H3. The Morgan fingerprint density at radius 1 is 1.35 bits per heavy atom. The van der Waals surface area contributed by atoms with E-state index in [1.165, 1.54) is 4.90 Å². The number of nitrogens with one attached hydrogen (secondary N) is 1. The number of nitrogens with zero attached hydrogens (tertiary/aromatic N) is 2. The van der Waals surface area contributed by atoms with Crippen LogP contribution in [-0.4, -0.2) is 54.8 Å². The quantitative estimate of drug-likeness (QED) is 0.794. The smallest absolute Gasteiger partial charge is 0.312 e. The van der Waals surface area contributed by atoms with E-state index in [0.717, 1.165) is 25.3 Å². The van der Waals surface area contributed by atoms with Gasteiger partial charge in [-0.15, -0.1) is 0 Å². The number of furan rings is 1. The zero-order chi connectivity index (χ0) is 14.5. The zero-order valence-electron chi connectivity index (χ0n) is 12.0. The van der Waals surface area contributed by atoms with Crippen molar-refractivity contribution < 1.29 is 14.0 Å². The molecule has 0 saturated carbocycles. The average molecular weight is 279 g/mol. The van der Waals surface area contributed by atoms with Crippen molar-refractivity contribution in [2.75, 3.05) is 33.2 Å². The number of aryl methyl sites for hydroxylation is 1. The second kappa shape index (κ2) is 6.56. The summed E-state index contributed by atoms with van der Waals surface area (Å²) in [5.41, 5.74) is 0. The lowest BCUT2D eigenvalue weighted by molar-refractivity contribution is -0.151. The van der Waals surface area contributed by atoms with Crippen molar-refractivity contribution >= 4 is 11.8 Å². The molecule has 0 spiro atoms. The first kappa shape index (κ1) is 14.6. The summed E-state index contributed by atoms with van der Waals surface area (Å²) in [4.78, 5) is 27.3. The highest BCUT2D eigenvalue weighted by Crippen LogP contribution is 2.09. The Morgan fingerprint density at radius 2 is 2.15 bits per heavy atom. The largest absolute Gasteiger partial charge is 0.464 e. The maximum Gasteiger partial charge on any atom is 0.312 e. The van der Waals surface area contributed by atoms with Crippen molar-refractivity contribution in [2.45, 2.75) is 19.9 Å². The SMILES string of the molecule is Cc1ccc(CN(C)C(=O)C(=O)N2CCCNCC2)o1. The third kappa shape index (κ3) is 3.60. The summed E-state index contributed by atoms with van der Waals surface area (Å²) in [5.74, 6) is 0.565. The van der Waals surface area contributed by atoms with Crippen LogP contribution in [-0.2, 0) is 16.1 Å². The van der Waals surface area contributed by atoms with E-state index >= 15 is 0 Å². The van der Waals surface area contributed by atoms with Crippen LogP contribution in [0.5, 0.6) is 0 Å². The summed E-state index contributed by atoms with van der Waals surface area (Å²) >= 11 is 0. The van der Waals surface area contributed by atoms with Crippen molar-refractivity contribution in [1.29, 1.82) is 0 Å². The fourth-order valence-corrected chi connectivity index (χ4v) is 2.22. The Morgan fingerprint density at radius 3 is 2.85 bits per heavy atom. The summed E-state index contributed by atoms with van der Waals surface area (Å²) in [6, 6.07) is 3.66. The monoisotopic (exact) mass is 279 g/mol. The second-order valence-electron chi connectivity index (χ2n) is 5.07. The molecule has 110 valence electrons. The van der Waals surface area contributed by atoms with E-state index in [0.29, 0.717) is 25.4 Å². The van der Waals surface area contributed by atoms with Crippen LogP contribution in [0.4, 0.5) is 0 Å². The first-order valence-corrected chi connectivity index (χ1v) is 6.88. The minimum Gasteiger partial charge on any atom is -0.464 e. The molecule has 6 nitrogen and oxygen atoms in total. The zero-order valence-corrected chi connectivity index (χ0v) is 12.0. The van der Waals surface area contributed by atoms with Crippen molar-refractivity contribution in [3.8, 4) is 0 Å². The highest BCUT2D eigenvalue weighted by Gasteiger charge is 2.25. The van der Waals surface area contributed by atoms with Gasteiger partial charge in [0.25, 0.3) is 0 Å². The molecule has 6 heteroatoms. The van der Waals surface area contributed by atoms with Crippen molar-refractivity contribution in [3.05, 3.63) is 23.7 Å². The lowest BCUT2D eigenvalue weighted by Gasteiger charge is -2.22. The highest BCUT2D eigenvalue weighted by molar-refractivity contribution is 6.34. The van der Waals surface area contributed by atoms with E-state index in [2.05, 4.69) is 5.32 Å². The minimum absolute atomic E-state index is 0.310. The van der Waals surface area contributed by atoms with Gasteiger partial charge in [-0.05, 0) is 32.0 Å². The predicted octanol–water partition coefficient (Wildman–Crippen LogP) is 0.368. The molecule has 1 N–H and O–H groups in total. The number of rotatable bonds is 2. The minimum atomic E-state index is -0.485. The van der Waals surface area contributed by atoms with Crippen LogP contribution in [0.15, 0.2) is 16.5 Å². The van der Waals surface area contributed by atoms with Gasteiger partial charge in [-0.3, -0.25) is 9.59 Å². The average Bonchev–Trinajstić information content (AvgIpc) is 2.69. The van der Waals surface area contributed by atoms with Gasteiger partial charge >= 0.3 is 11.8 Å². The number of carbonyl (C=O) groups excluding carboxylic acids is 2. The van der Waals surface area contributed by atoms with Gasteiger partial charge in [-0.1, -0.05) is 0 Å². The molecule has 1 aliphatic heterocycles. The number of likely N-dealkylation sites (N-methyl/N-ethyl adjacent to an activating group) is 1. The molecule has 0 radical (unpaired) electrons. The van der Waals surface area contributed by atoms with Gasteiger partial charge in [0, 0.05) is 26.7 Å². The molecule has 20 heavy (non-hydrogen) atoms. The molecular weight excluding hydrogens is 258 g/mol. The lowest BCUT2D eigenvalue weighted by atomic mass is 10.3. The maximum absolute atomic E-state index is 12.2. The van der Waals surface area contributed by atoms with Crippen LogP contribution in [0.3, 0.4) is 0 Å². The molecule has 1 aliphatic rings. The number of carbonyl (C=O) groups is 2. The molecule has 0 aliphatic carbocycles. The molecule has 1 aromatic rings. The number of hydrogen-bond acceptors (Lipinski definition) is 4. The topological polar surface area (TPSA) is 65.8 Å². The molecule has 0 unspecified atom stereocenters. The molecule has 2 amide bonds. The first-order chi connectivity index (χ1) is 9.58. The van der Waals surface area contributed by atoms with E-state index in [1.54, 1.807) is 11.9 Å². The molecule has 1 fully saturated rings. The third-order valence-corrected chi connectivity index (χ3v) is 3.35. The van der Waals surface area contributed by atoms with Gasteiger partial charge in [-0.2, -0.15) is 0 Å². The van der Waals surface area contributed by atoms with Crippen LogP contribution in [0.1, 0.15) is 17.9 Å². The molecule has 2 rings (SSSR count). The van der Waals surface area contributed by atoms with Gasteiger partial charge < -0.3 is 19.5 Å². The van der Waals surface area contributed by atoms with Crippen molar-refractivity contribution in [2.24, 2.45) is 0 Å². The van der Waals surface area contributed by atoms with Gasteiger partial charge in [0.1, 0.15) is 11.5 Å². The predicted molar refractivity (Wildman–Crippen MR) is 74.0 cm³/mol. The molecular formula is C14H21N3O3. The molecule has 0 bridgehead atoms. The van der Waals surface area contributed by atoms with Crippen LogP contribution >= 0.6 is 0 Å². The number of hydrogen-bond donors (Lipinski definition) is 1. The van der Waals surface area contributed by atoms with Gasteiger partial charge in [0.15, 0.2) is 0 Å². The van der Waals surface area contributed by atoms with Crippen LogP contribution < -0.4 is 5.32 Å². The highest BCUT2D eigenvalue weighted by atomic mass is 16.3. The first-order valence-electron chi connectivity index (χ1n) is 6.88. The van der Waals surface area contributed by atoms with E-state index in [9.17, 15) is 9.59 Å². The van der Waals surface area contributed by atoms with E-state index in [4.69, 9.17) is 4.42 Å². The van der Waals surface area contributed by atoms with E-state index < -0.39 is 11.8 Å². The van der Waals surface area contributed by atoms with Gasteiger partial charge in [-0.25, -0.2) is 0 Å². The Balaban J connectivity index is 1.93. The fourth-order valence-electron chi connectivity index (χ4n) is 2.22. The summed E-state index contributed by atoms with van der Waals surface area (Å²) in [6.45, 7) is 4.99. The summed E-state index contributed by atoms with van der Waals surface area (Å²) in [7, 11) is 1.62. The van der Waals surface area contributed by atoms with Gasteiger partial charge in [0.05, 0.1) is 6.54 Å². The second-order valence-corrected chi connectivity index (χ2v) is 5.07. The van der Waals surface area contributed by atoms with Gasteiger partial charge in [0.2, 0.25) is 0 Å². The lowest BCUT2D eigenvalue weighted by Crippen LogP contribution is -2.44. The van der Waals surface area contributed by atoms with Crippen molar-refractivity contribution in [1.82, 2.24) is 15.1 Å². The Labute approximate surface area is 118 Å². The van der Waals surface area contributed by atoms with E-state index in [-0.39, 0.29) is 0 Å². The Bertz CT molecular complexity index is 476. The summed E-state index contributed by atoms with van der Waals surface area (Å²) < 4.78 is 5.42. The summed E-state index contributed by atoms with van der Waals surface area (Å²) in [6.07, 6.45) is 0.875. The van der Waals surface area contributed by atoms with Crippen LogP contribution in [0, 0.1) is 6.92 Å². The Kier molecular flexibility index (Phi) is 4.79. The normalized spacial score (nSPS) is 15.8. The molecule has 0 atom stereocenters. The maximum atomic E-state index is 12.2. The molecule has 1 saturated heterocycles. The van der Waals surface area contributed by atoms with Crippen molar-refractivity contribution in [3.63, 3.8) is 0 Å². The van der Waals surface area contributed by atoms with Crippen LogP contribution in [0.2, 0.25) is 0 Å².